The van der Waals surface area contributed by atoms with E-state index in [0.29, 0.717) is 12.8 Å². The molecule has 0 aromatic rings. The van der Waals surface area contributed by atoms with E-state index in [4.69, 9.17) is 5.11 Å². The molecule has 1 rings (SSSR count). The van der Waals surface area contributed by atoms with Crippen LogP contribution in [0.3, 0.4) is 0 Å². The summed E-state index contributed by atoms with van der Waals surface area (Å²) in [5.74, 6) is -0.788. The van der Waals surface area contributed by atoms with Gasteiger partial charge in [0.1, 0.15) is 0 Å². The summed E-state index contributed by atoms with van der Waals surface area (Å²) in [6, 6.07) is 0.102. The van der Waals surface area contributed by atoms with Gasteiger partial charge in [0, 0.05) is 18.5 Å². The van der Waals surface area contributed by atoms with Crippen molar-refractivity contribution < 1.29 is 14.7 Å². The van der Waals surface area contributed by atoms with Crippen LogP contribution in [-0.4, -0.2) is 29.2 Å². The Morgan fingerprint density at radius 3 is 2.63 bits per heavy atom. The van der Waals surface area contributed by atoms with E-state index in [1.165, 1.54) is 0 Å². The van der Waals surface area contributed by atoms with Crippen LogP contribution in [-0.2, 0) is 4.79 Å². The summed E-state index contributed by atoms with van der Waals surface area (Å²) in [5.41, 5.74) is 0.171. The third kappa shape index (κ3) is 5.49. The lowest BCUT2D eigenvalue weighted by Crippen LogP contribution is -2.48. The number of carbonyl (C=O) groups is 2. The number of hydrogen-bond donors (Lipinski definition) is 3. The summed E-state index contributed by atoms with van der Waals surface area (Å²) >= 11 is 0. The van der Waals surface area contributed by atoms with Crippen molar-refractivity contribution in [3.8, 4) is 0 Å². The molecule has 0 aromatic carbocycles. The molecule has 1 fully saturated rings. The predicted molar refractivity (Wildman–Crippen MR) is 74.0 cm³/mol. The van der Waals surface area contributed by atoms with Crippen LogP contribution in [0.15, 0.2) is 0 Å². The van der Waals surface area contributed by atoms with E-state index >= 15 is 0 Å². The summed E-state index contributed by atoms with van der Waals surface area (Å²) in [7, 11) is 0. The Hall–Kier alpha value is -1.26. The molecule has 2 unspecified atom stereocenters. The number of rotatable bonds is 6. The van der Waals surface area contributed by atoms with Crippen molar-refractivity contribution in [2.24, 2.45) is 5.41 Å². The zero-order chi connectivity index (χ0) is 14.5. The highest BCUT2D eigenvalue weighted by Gasteiger charge is 2.35. The van der Waals surface area contributed by atoms with Crippen LogP contribution in [0.5, 0.6) is 0 Å². The van der Waals surface area contributed by atoms with Gasteiger partial charge in [-0.05, 0) is 38.0 Å². The lowest BCUT2D eigenvalue weighted by Gasteiger charge is -2.28. The van der Waals surface area contributed by atoms with Crippen molar-refractivity contribution in [2.75, 3.05) is 0 Å². The van der Waals surface area contributed by atoms with E-state index < -0.39 is 5.97 Å². The normalized spacial score (nSPS) is 22.8. The fourth-order valence-electron chi connectivity index (χ4n) is 2.65. The largest absolute Gasteiger partial charge is 0.481 e. The van der Waals surface area contributed by atoms with Gasteiger partial charge in [0.25, 0.3) is 0 Å². The Labute approximate surface area is 115 Å². The van der Waals surface area contributed by atoms with E-state index in [0.717, 1.165) is 19.3 Å². The van der Waals surface area contributed by atoms with Crippen LogP contribution in [0.2, 0.25) is 0 Å². The molecule has 2 amide bonds. The number of urea groups is 1. The van der Waals surface area contributed by atoms with Crippen molar-refractivity contribution in [1.82, 2.24) is 10.6 Å². The fraction of sp³-hybridized carbons (Fsp3) is 0.857. The molecule has 110 valence electrons. The molecule has 19 heavy (non-hydrogen) atoms. The van der Waals surface area contributed by atoms with Gasteiger partial charge in [-0.15, -0.1) is 0 Å². The molecule has 3 N–H and O–H groups in total. The molecule has 1 saturated carbocycles. The second kappa shape index (κ2) is 6.78. The second-order valence-corrected chi connectivity index (χ2v) is 6.24. The molecule has 0 aliphatic heterocycles. The molecule has 0 saturated heterocycles. The van der Waals surface area contributed by atoms with Crippen LogP contribution in [0.4, 0.5) is 4.79 Å². The minimum atomic E-state index is -0.788. The average molecular weight is 270 g/mol. The number of aliphatic carboxylic acids is 1. The first-order valence-corrected chi connectivity index (χ1v) is 7.10. The first-order valence-electron chi connectivity index (χ1n) is 7.10. The molecule has 1 aliphatic rings. The number of hydrogen-bond acceptors (Lipinski definition) is 2. The smallest absolute Gasteiger partial charge is 0.315 e. The minimum absolute atomic E-state index is 0.00358. The van der Waals surface area contributed by atoms with Gasteiger partial charge >= 0.3 is 12.0 Å². The van der Waals surface area contributed by atoms with Gasteiger partial charge in [-0.3, -0.25) is 4.79 Å². The maximum Gasteiger partial charge on any atom is 0.315 e. The summed E-state index contributed by atoms with van der Waals surface area (Å²) in [6.45, 7) is 6.27. The Balaban J connectivity index is 2.25. The molecule has 0 aromatic heterocycles. The van der Waals surface area contributed by atoms with Gasteiger partial charge in [-0.25, -0.2) is 4.79 Å². The molecule has 5 nitrogen and oxygen atoms in total. The summed E-state index contributed by atoms with van der Waals surface area (Å²) in [4.78, 5) is 22.3. The molecule has 0 heterocycles. The standard InChI is InChI=1S/C14H26N2O3/c1-10(6-4-8-12(17)18)15-13(19)16-11-7-5-9-14(11,2)3/h10-11H,4-9H2,1-3H3,(H,17,18)(H2,15,16,19). The number of carboxylic acids is 1. The number of carbonyl (C=O) groups excluding carboxylic acids is 1. The van der Waals surface area contributed by atoms with Crippen LogP contribution < -0.4 is 10.6 Å². The molecule has 5 heteroatoms. The van der Waals surface area contributed by atoms with Gasteiger partial charge in [-0.2, -0.15) is 0 Å². The zero-order valence-electron chi connectivity index (χ0n) is 12.2. The van der Waals surface area contributed by atoms with Crippen LogP contribution in [0.1, 0.15) is 59.3 Å². The number of nitrogens with one attached hydrogen (secondary N) is 2. The zero-order valence-corrected chi connectivity index (χ0v) is 12.2. The average Bonchev–Trinajstić information content (AvgIpc) is 2.57. The van der Waals surface area contributed by atoms with Crippen molar-refractivity contribution in [1.29, 1.82) is 0 Å². The highest BCUT2D eigenvalue weighted by Crippen LogP contribution is 2.37. The highest BCUT2D eigenvalue weighted by molar-refractivity contribution is 5.74. The van der Waals surface area contributed by atoms with Gasteiger partial charge in [0.2, 0.25) is 0 Å². The van der Waals surface area contributed by atoms with E-state index in [2.05, 4.69) is 24.5 Å². The van der Waals surface area contributed by atoms with Crippen molar-refractivity contribution >= 4 is 12.0 Å². The molecule has 0 radical (unpaired) electrons. The van der Waals surface area contributed by atoms with Crippen molar-refractivity contribution in [2.45, 2.75) is 71.4 Å². The van der Waals surface area contributed by atoms with E-state index in [9.17, 15) is 9.59 Å². The molecular weight excluding hydrogens is 244 g/mol. The van der Waals surface area contributed by atoms with E-state index in [1.54, 1.807) is 0 Å². The molecule has 0 bridgehead atoms. The van der Waals surface area contributed by atoms with Gasteiger partial charge < -0.3 is 15.7 Å². The summed E-state index contributed by atoms with van der Waals surface area (Å²) < 4.78 is 0. The Morgan fingerprint density at radius 2 is 2.11 bits per heavy atom. The Bertz CT molecular complexity index is 329. The monoisotopic (exact) mass is 270 g/mol. The lowest BCUT2D eigenvalue weighted by molar-refractivity contribution is -0.137. The van der Waals surface area contributed by atoms with Crippen LogP contribution in [0.25, 0.3) is 0 Å². The Kier molecular flexibility index (Phi) is 5.63. The van der Waals surface area contributed by atoms with Gasteiger partial charge in [0.05, 0.1) is 0 Å². The van der Waals surface area contributed by atoms with Crippen LogP contribution >= 0.6 is 0 Å². The quantitative estimate of drug-likeness (QED) is 0.694. The van der Waals surface area contributed by atoms with Gasteiger partial charge in [0.15, 0.2) is 0 Å². The number of amides is 2. The topological polar surface area (TPSA) is 78.4 Å². The second-order valence-electron chi connectivity index (χ2n) is 6.24. The van der Waals surface area contributed by atoms with E-state index in [1.807, 2.05) is 6.92 Å². The molecule has 0 spiro atoms. The first kappa shape index (κ1) is 15.8. The summed E-state index contributed by atoms with van der Waals surface area (Å²) in [6.07, 6.45) is 4.77. The summed E-state index contributed by atoms with van der Waals surface area (Å²) in [5, 5.41) is 14.5. The minimum Gasteiger partial charge on any atom is -0.481 e. The predicted octanol–water partition coefficient (Wildman–Crippen LogP) is 2.51. The van der Waals surface area contributed by atoms with Crippen molar-refractivity contribution in [3.05, 3.63) is 0 Å². The third-order valence-corrected chi connectivity index (χ3v) is 3.97. The maximum absolute atomic E-state index is 11.9. The maximum atomic E-state index is 11.9. The van der Waals surface area contributed by atoms with Gasteiger partial charge in [-0.1, -0.05) is 20.3 Å². The van der Waals surface area contributed by atoms with Crippen molar-refractivity contribution in [3.63, 3.8) is 0 Å². The Morgan fingerprint density at radius 1 is 1.42 bits per heavy atom. The highest BCUT2D eigenvalue weighted by atomic mass is 16.4. The number of carboxylic acid groups (broad SMARTS) is 1. The molecule has 1 aliphatic carbocycles. The van der Waals surface area contributed by atoms with E-state index in [-0.39, 0.29) is 30.0 Å². The van der Waals surface area contributed by atoms with Crippen LogP contribution in [0, 0.1) is 5.41 Å². The molecular formula is C14H26N2O3. The fourth-order valence-corrected chi connectivity index (χ4v) is 2.65. The third-order valence-electron chi connectivity index (χ3n) is 3.97. The molecule has 2 atom stereocenters. The SMILES string of the molecule is CC(CCCC(=O)O)NC(=O)NC1CCCC1(C)C. The first-order chi connectivity index (χ1) is 8.81. The lowest BCUT2D eigenvalue weighted by atomic mass is 9.87.